The van der Waals surface area contributed by atoms with E-state index < -0.39 is 18.0 Å². The summed E-state index contributed by atoms with van der Waals surface area (Å²) >= 11 is 0. The zero-order valence-electron chi connectivity index (χ0n) is 23.2. The summed E-state index contributed by atoms with van der Waals surface area (Å²) in [6.07, 6.45) is 0. The first-order valence-electron chi connectivity index (χ1n) is 13.4. The SMILES string of the molecule is CC(C)[C@H](C[S@](=O)(=N[Si](c1ccccc1)(c1ccccc1)C(C)(C)C)c1ccccc1)Nc1ccccc1. The van der Waals surface area contributed by atoms with Crippen LogP contribution >= 0.6 is 0 Å². The van der Waals surface area contributed by atoms with Crippen molar-refractivity contribution in [3.63, 3.8) is 0 Å². The third kappa shape index (κ3) is 5.95. The molecule has 0 heterocycles. The fraction of sp³-hybridized carbons (Fsp3) is 0.273. The summed E-state index contributed by atoms with van der Waals surface area (Å²) in [6.45, 7) is 11.2. The molecule has 0 aromatic heterocycles. The number of hydrogen-bond acceptors (Lipinski definition) is 3. The van der Waals surface area contributed by atoms with Crippen LogP contribution in [-0.4, -0.2) is 24.2 Å². The Morgan fingerprint density at radius 3 is 1.55 bits per heavy atom. The Morgan fingerprint density at radius 2 is 1.13 bits per heavy atom. The van der Waals surface area contributed by atoms with Gasteiger partial charge in [-0.2, -0.15) is 0 Å². The molecule has 0 fully saturated rings. The largest absolute Gasteiger partial charge is 0.381 e. The highest BCUT2D eigenvalue weighted by Gasteiger charge is 2.50. The van der Waals surface area contributed by atoms with Crippen LogP contribution in [0.2, 0.25) is 5.04 Å². The van der Waals surface area contributed by atoms with Gasteiger partial charge in [0.15, 0.2) is 0 Å². The smallest absolute Gasteiger partial charge is 0.260 e. The maximum atomic E-state index is 15.5. The average Bonchev–Trinajstić information content (AvgIpc) is 2.93. The van der Waals surface area contributed by atoms with Crippen molar-refractivity contribution >= 4 is 34.0 Å². The van der Waals surface area contributed by atoms with Crippen LogP contribution in [0.3, 0.4) is 0 Å². The minimum Gasteiger partial charge on any atom is -0.381 e. The highest BCUT2D eigenvalue weighted by Crippen LogP contribution is 2.39. The second kappa shape index (κ2) is 11.7. The first kappa shape index (κ1) is 27.9. The summed E-state index contributed by atoms with van der Waals surface area (Å²) in [7, 11) is -5.78. The van der Waals surface area contributed by atoms with Gasteiger partial charge in [0.05, 0.1) is 15.5 Å². The summed E-state index contributed by atoms with van der Waals surface area (Å²) < 4.78 is 21.2. The summed E-state index contributed by atoms with van der Waals surface area (Å²) in [4.78, 5) is 0.800. The van der Waals surface area contributed by atoms with Gasteiger partial charge >= 0.3 is 0 Å². The van der Waals surface area contributed by atoms with E-state index in [1.54, 1.807) is 0 Å². The van der Waals surface area contributed by atoms with Crippen LogP contribution < -0.4 is 15.7 Å². The van der Waals surface area contributed by atoms with Gasteiger partial charge in [0.1, 0.15) is 0 Å². The van der Waals surface area contributed by atoms with E-state index in [1.807, 2.05) is 60.7 Å². The first-order valence-corrected chi connectivity index (χ1v) is 17.0. The zero-order chi connectivity index (χ0) is 27.2. The van der Waals surface area contributed by atoms with Crippen LogP contribution in [0.1, 0.15) is 34.6 Å². The van der Waals surface area contributed by atoms with Crippen LogP contribution in [0.5, 0.6) is 0 Å². The van der Waals surface area contributed by atoms with Crippen LogP contribution in [0, 0.1) is 5.92 Å². The molecule has 3 nitrogen and oxygen atoms in total. The normalized spacial score (nSPS) is 14.5. The monoisotopic (exact) mass is 540 g/mol. The van der Waals surface area contributed by atoms with Gasteiger partial charge in [-0.1, -0.05) is 132 Å². The molecule has 0 aliphatic rings. The molecule has 4 rings (SSSR count). The van der Waals surface area contributed by atoms with Gasteiger partial charge in [-0.15, -0.1) is 0 Å². The topological polar surface area (TPSA) is 41.5 Å². The Morgan fingerprint density at radius 1 is 0.711 bits per heavy atom. The van der Waals surface area contributed by atoms with Crippen molar-refractivity contribution in [2.75, 3.05) is 11.1 Å². The Balaban J connectivity index is 2.01. The minimum absolute atomic E-state index is 0.0212. The molecule has 0 unspecified atom stereocenters. The van der Waals surface area contributed by atoms with E-state index in [-0.39, 0.29) is 17.0 Å². The summed E-state index contributed by atoms with van der Waals surface area (Å²) in [5.74, 6) is 0.683. The Labute approximate surface area is 230 Å². The second-order valence-electron chi connectivity index (χ2n) is 11.3. The molecule has 0 bridgehead atoms. The molecule has 0 aliphatic carbocycles. The third-order valence-corrected chi connectivity index (χ3v) is 15.8. The van der Waals surface area contributed by atoms with E-state index in [4.69, 9.17) is 4.03 Å². The van der Waals surface area contributed by atoms with Crippen LogP contribution in [0.25, 0.3) is 0 Å². The number of nitrogens with zero attached hydrogens (tertiary/aromatic N) is 1. The molecule has 5 heteroatoms. The van der Waals surface area contributed by atoms with Crippen molar-refractivity contribution in [1.82, 2.24) is 0 Å². The van der Waals surface area contributed by atoms with Gasteiger partial charge in [0.2, 0.25) is 0 Å². The Bertz CT molecular complexity index is 1370. The molecular formula is C33H40N2OSSi. The number of rotatable bonds is 9. The lowest BCUT2D eigenvalue weighted by atomic mass is 10.1. The van der Waals surface area contributed by atoms with Gasteiger partial charge in [-0.25, -0.2) is 4.21 Å². The van der Waals surface area contributed by atoms with Crippen molar-refractivity contribution in [3.05, 3.63) is 121 Å². The molecule has 4 aromatic carbocycles. The van der Waals surface area contributed by atoms with E-state index in [0.717, 1.165) is 10.6 Å². The highest BCUT2D eigenvalue weighted by atomic mass is 32.2. The van der Waals surface area contributed by atoms with Gasteiger partial charge in [0.25, 0.3) is 8.24 Å². The van der Waals surface area contributed by atoms with E-state index in [0.29, 0.717) is 5.75 Å². The Kier molecular flexibility index (Phi) is 8.59. The molecule has 4 aromatic rings. The molecule has 1 N–H and O–H groups in total. The van der Waals surface area contributed by atoms with Crippen molar-refractivity contribution < 1.29 is 4.21 Å². The maximum Gasteiger partial charge on any atom is 0.260 e. The van der Waals surface area contributed by atoms with Crippen molar-refractivity contribution in [3.8, 4) is 0 Å². The molecule has 0 amide bonds. The second-order valence-corrected chi connectivity index (χ2v) is 18.2. The molecule has 2 atom stereocenters. The van der Waals surface area contributed by atoms with E-state index >= 15 is 4.21 Å². The average molecular weight is 541 g/mol. The van der Waals surface area contributed by atoms with Crippen molar-refractivity contribution in [2.24, 2.45) is 9.95 Å². The molecule has 0 aliphatic heterocycles. The lowest BCUT2D eigenvalue weighted by Gasteiger charge is -2.41. The van der Waals surface area contributed by atoms with Gasteiger partial charge < -0.3 is 5.32 Å². The number of para-hydroxylation sites is 1. The summed E-state index contributed by atoms with van der Waals surface area (Å²) in [5.41, 5.74) is 1.03. The first-order chi connectivity index (χ1) is 18.2. The number of hydrogen-bond donors (Lipinski definition) is 1. The predicted octanol–water partition coefficient (Wildman–Crippen LogP) is 7.21. The van der Waals surface area contributed by atoms with Gasteiger partial charge in [-0.3, -0.25) is 4.03 Å². The van der Waals surface area contributed by atoms with Crippen molar-refractivity contribution in [2.45, 2.75) is 50.6 Å². The van der Waals surface area contributed by atoms with E-state index in [9.17, 15) is 0 Å². The van der Waals surface area contributed by atoms with Crippen LogP contribution in [0.4, 0.5) is 5.69 Å². The van der Waals surface area contributed by atoms with Gasteiger partial charge in [-0.05, 0) is 45.6 Å². The molecule has 38 heavy (non-hydrogen) atoms. The number of benzene rings is 4. The lowest BCUT2D eigenvalue weighted by molar-refractivity contribution is 0.558. The lowest BCUT2D eigenvalue weighted by Crippen LogP contribution is -2.63. The predicted molar refractivity (Wildman–Crippen MR) is 166 cm³/mol. The summed E-state index contributed by atoms with van der Waals surface area (Å²) in [6, 6.07) is 41.2. The standard InChI is InChI=1S/C33H40N2OSSi/c1-27(2)32(34-28-18-10-6-11-19-28)26-37(36,29-20-12-7-13-21-29)35-38(33(3,4)5,30-22-14-8-15-23-30)31-24-16-9-17-25-31/h6-25,27,32,34H,26H2,1-5H3/t32-,37+/m0/s1. The zero-order valence-corrected chi connectivity index (χ0v) is 25.0. The third-order valence-electron chi connectivity index (χ3n) is 7.20. The van der Waals surface area contributed by atoms with E-state index in [2.05, 4.69) is 101 Å². The van der Waals surface area contributed by atoms with Crippen molar-refractivity contribution in [1.29, 1.82) is 0 Å². The molecule has 0 radical (unpaired) electrons. The molecule has 198 valence electrons. The molecule has 0 saturated heterocycles. The maximum absolute atomic E-state index is 15.5. The van der Waals surface area contributed by atoms with E-state index in [1.165, 1.54) is 10.4 Å². The fourth-order valence-corrected chi connectivity index (χ4v) is 14.6. The Hall–Kier alpha value is -3.15. The minimum atomic E-state index is -2.94. The molecule has 0 saturated carbocycles. The number of anilines is 1. The quantitative estimate of drug-likeness (QED) is 0.228. The van der Waals surface area contributed by atoms with Crippen LogP contribution in [-0.2, 0) is 9.73 Å². The molecule has 0 spiro atoms. The number of nitrogens with one attached hydrogen (secondary N) is 1. The highest BCUT2D eigenvalue weighted by molar-refractivity contribution is 7.94. The summed E-state index contributed by atoms with van der Waals surface area (Å²) in [5, 5.41) is 5.82. The van der Waals surface area contributed by atoms with Gasteiger partial charge in [0, 0.05) is 16.6 Å². The molecular weight excluding hydrogens is 501 g/mol. The van der Waals surface area contributed by atoms with Crippen LogP contribution in [0.15, 0.2) is 130 Å². The fourth-order valence-electron chi connectivity index (χ4n) is 5.07.